The van der Waals surface area contributed by atoms with Crippen LogP contribution in [0.25, 0.3) is 22.3 Å². The lowest BCUT2D eigenvalue weighted by atomic mass is 10.1. The molecular formula is C16H14N6O. The molecule has 1 fully saturated rings. The second-order valence-corrected chi connectivity index (χ2v) is 5.64. The molecule has 7 nitrogen and oxygen atoms in total. The monoisotopic (exact) mass is 306 g/mol. The van der Waals surface area contributed by atoms with Gasteiger partial charge in [0.05, 0.1) is 23.6 Å². The van der Waals surface area contributed by atoms with E-state index < -0.39 is 5.92 Å². The first-order valence-corrected chi connectivity index (χ1v) is 7.35. The summed E-state index contributed by atoms with van der Waals surface area (Å²) in [6.45, 7) is 0.559. The number of hydrogen-bond acceptors (Lipinski definition) is 4. The highest BCUT2D eigenvalue weighted by molar-refractivity contribution is 6.06. The van der Waals surface area contributed by atoms with Crippen LogP contribution in [0.4, 0.5) is 5.69 Å². The van der Waals surface area contributed by atoms with Gasteiger partial charge in [-0.1, -0.05) is 0 Å². The first kappa shape index (κ1) is 13.5. The third-order valence-corrected chi connectivity index (χ3v) is 4.18. The van der Waals surface area contributed by atoms with Gasteiger partial charge in [0, 0.05) is 36.9 Å². The number of carbonyl (C=O) groups is 1. The van der Waals surface area contributed by atoms with Crippen molar-refractivity contribution in [2.45, 2.75) is 6.42 Å². The van der Waals surface area contributed by atoms with Gasteiger partial charge in [-0.2, -0.15) is 10.4 Å². The van der Waals surface area contributed by atoms with Crippen molar-refractivity contribution in [1.29, 1.82) is 5.26 Å². The molecule has 4 rings (SSSR count). The summed E-state index contributed by atoms with van der Waals surface area (Å²) in [6, 6.07) is 5.86. The summed E-state index contributed by atoms with van der Waals surface area (Å²) in [7, 11) is 1.86. The van der Waals surface area contributed by atoms with Gasteiger partial charge >= 0.3 is 0 Å². The van der Waals surface area contributed by atoms with Crippen molar-refractivity contribution >= 4 is 22.6 Å². The van der Waals surface area contributed by atoms with Crippen molar-refractivity contribution in [3.05, 3.63) is 30.7 Å². The first-order chi connectivity index (χ1) is 11.2. The van der Waals surface area contributed by atoms with E-state index in [0.717, 1.165) is 28.0 Å². The first-order valence-electron chi connectivity index (χ1n) is 7.35. The molecule has 114 valence electrons. The van der Waals surface area contributed by atoms with Gasteiger partial charge in [0.2, 0.25) is 5.91 Å². The molecule has 4 heterocycles. The number of carbonyl (C=O) groups excluding carboxylic acids is 1. The highest BCUT2D eigenvalue weighted by Gasteiger charge is 2.33. The third kappa shape index (κ3) is 2.07. The van der Waals surface area contributed by atoms with Crippen molar-refractivity contribution in [2.24, 2.45) is 13.0 Å². The molecule has 0 aromatic carbocycles. The maximum atomic E-state index is 12.3. The number of fused-ring (bicyclic) bond motifs is 1. The van der Waals surface area contributed by atoms with Crippen LogP contribution in [0.2, 0.25) is 0 Å². The molecule has 23 heavy (non-hydrogen) atoms. The van der Waals surface area contributed by atoms with Gasteiger partial charge < -0.3 is 9.88 Å². The van der Waals surface area contributed by atoms with E-state index in [0.29, 0.717) is 13.0 Å². The zero-order chi connectivity index (χ0) is 16.0. The Kier molecular flexibility index (Phi) is 2.91. The van der Waals surface area contributed by atoms with E-state index in [1.807, 2.05) is 25.4 Å². The number of pyridine rings is 1. The maximum Gasteiger partial charge on any atom is 0.244 e. The Hall–Kier alpha value is -3.14. The Bertz CT molecular complexity index is 947. The highest BCUT2D eigenvalue weighted by atomic mass is 16.2. The van der Waals surface area contributed by atoms with Crippen molar-refractivity contribution in [3.63, 3.8) is 0 Å². The average Bonchev–Trinajstić information content (AvgIpc) is 3.24. The number of aromatic nitrogens is 4. The predicted molar refractivity (Wildman–Crippen MR) is 84.4 cm³/mol. The second kappa shape index (κ2) is 4.95. The highest BCUT2D eigenvalue weighted by Crippen LogP contribution is 2.33. The van der Waals surface area contributed by atoms with E-state index in [9.17, 15) is 4.79 Å². The lowest BCUT2D eigenvalue weighted by Gasteiger charge is -2.16. The second-order valence-electron chi connectivity index (χ2n) is 5.64. The van der Waals surface area contributed by atoms with Crippen LogP contribution in [-0.2, 0) is 11.8 Å². The standard InChI is InChI=1S/C16H14N6O/c1-21-9-11(8-19-21)13-6-12-14(2-4-18-15(12)20-13)22-5-3-10(7-17)16(22)23/h2,4,6,8-10H,3,5H2,1H3,(H,18,20). The smallest absolute Gasteiger partial charge is 0.244 e. The molecule has 7 heteroatoms. The number of nitrogens with one attached hydrogen (secondary N) is 1. The Morgan fingerprint density at radius 3 is 3.04 bits per heavy atom. The topological polar surface area (TPSA) is 90.6 Å². The van der Waals surface area contributed by atoms with Crippen LogP contribution in [0.3, 0.4) is 0 Å². The van der Waals surface area contributed by atoms with Crippen molar-refractivity contribution < 1.29 is 4.79 Å². The molecule has 0 aliphatic carbocycles. The van der Waals surface area contributed by atoms with Gasteiger partial charge in [-0.05, 0) is 18.6 Å². The van der Waals surface area contributed by atoms with Gasteiger partial charge in [0.25, 0.3) is 0 Å². The van der Waals surface area contributed by atoms with Crippen molar-refractivity contribution in [2.75, 3.05) is 11.4 Å². The number of nitrogens with zero attached hydrogens (tertiary/aromatic N) is 5. The molecule has 0 radical (unpaired) electrons. The summed E-state index contributed by atoms with van der Waals surface area (Å²) in [4.78, 5) is 21.6. The summed E-state index contributed by atoms with van der Waals surface area (Å²) in [5, 5.41) is 14.1. The molecule has 1 aliphatic rings. The van der Waals surface area contributed by atoms with Crippen LogP contribution in [0.5, 0.6) is 0 Å². The fraction of sp³-hybridized carbons (Fsp3) is 0.250. The van der Waals surface area contributed by atoms with E-state index in [2.05, 4.69) is 21.1 Å². The summed E-state index contributed by atoms with van der Waals surface area (Å²) in [6.07, 6.45) is 5.93. The van der Waals surface area contributed by atoms with Crippen LogP contribution >= 0.6 is 0 Å². The summed E-state index contributed by atoms with van der Waals surface area (Å²) >= 11 is 0. The van der Waals surface area contributed by atoms with Gasteiger partial charge in [-0.3, -0.25) is 9.48 Å². The molecule has 0 spiro atoms. The minimum absolute atomic E-state index is 0.135. The molecule has 1 amide bonds. The molecule has 1 N–H and O–H groups in total. The molecule has 3 aromatic heterocycles. The Morgan fingerprint density at radius 2 is 2.35 bits per heavy atom. The summed E-state index contributed by atoms with van der Waals surface area (Å²) in [5.74, 6) is -0.681. The number of aryl methyl sites for hydroxylation is 1. The van der Waals surface area contributed by atoms with E-state index >= 15 is 0 Å². The molecule has 3 aromatic rings. The van der Waals surface area contributed by atoms with Crippen LogP contribution in [0, 0.1) is 17.2 Å². The molecule has 0 saturated carbocycles. The van der Waals surface area contributed by atoms with Crippen molar-refractivity contribution in [3.8, 4) is 17.3 Å². The molecule has 1 saturated heterocycles. The Balaban J connectivity index is 1.81. The van der Waals surface area contributed by atoms with Gasteiger partial charge in [0.1, 0.15) is 11.6 Å². The summed E-state index contributed by atoms with van der Waals surface area (Å²) < 4.78 is 1.73. The SMILES string of the molecule is Cn1cc(-c2cc3c(N4CCC(C#N)C4=O)ccnc3[nH]2)cn1. The lowest BCUT2D eigenvalue weighted by Crippen LogP contribution is -2.26. The number of nitriles is 1. The number of amides is 1. The van der Waals surface area contributed by atoms with Gasteiger partial charge in [0.15, 0.2) is 0 Å². The van der Waals surface area contributed by atoms with Crippen molar-refractivity contribution in [1.82, 2.24) is 19.7 Å². The Morgan fingerprint density at radius 1 is 1.48 bits per heavy atom. The average molecular weight is 306 g/mol. The normalized spacial score (nSPS) is 17.8. The molecule has 1 atom stereocenters. The van der Waals surface area contributed by atoms with E-state index in [4.69, 9.17) is 5.26 Å². The predicted octanol–water partition coefficient (Wildman–Crippen LogP) is 1.84. The minimum Gasteiger partial charge on any atom is -0.339 e. The number of anilines is 1. The molecule has 1 aliphatic heterocycles. The zero-order valence-electron chi connectivity index (χ0n) is 12.5. The zero-order valence-corrected chi connectivity index (χ0v) is 12.5. The third-order valence-electron chi connectivity index (χ3n) is 4.18. The largest absolute Gasteiger partial charge is 0.339 e. The van der Waals surface area contributed by atoms with Crippen LogP contribution in [-0.4, -0.2) is 32.2 Å². The summed E-state index contributed by atoms with van der Waals surface area (Å²) in [5.41, 5.74) is 3.37. The van der Waals surface area contributed by atoms with Crippen LogP contribution in [0.1, 0.15) is 6.42 Å². The Labute approximate surface area is 132 Å². The fourth-order valence-electron chi connectivity index (χ4n) is 3.00. The maximum absolute atomic E-state index is 12.3. The molecular weight excluding hydrogens is 292 g/mol. The molecule has 0 bridgehead atoms. The fourth-order valence-corrected chi connectivity index (χ4v) is 3.00. The van der Waals surface area contributed by atoms with E-state index in [1.54, 1.807) is 22.0 Å². The van der Waals surface area contributed by atoms with Gasteiger partial charge in [-0.15, -0.1) is 0 Å². The van der Waals surface area contributed by atoms with Gasteiger partial charge in [-0.25, -0.2) is 4.98 Å². The van der Waals surface area contributed by atoms with E-state index in [-0.39, 0.29) is 5.91 Å². The van der Waals surface area contributed by atoms with E-state index in [1.165, 1.54) is 0 Å². The lowest BCUT2D eigenvalue weighted by molar-refractivity contribution is -0.118. The number of aromatic amines is 1. The quantitative estimate of drug-likeness (QED) is 0.782. The number of rotatable bonds is 2. The minimum atomic E-state index is -0.546. The van der Waals surface area contributed by atoms with Crippen LogP contribution < -0.4 is 4.90 Å². The van der Waals surface area contributed by atoms with Crippen LogP contribution in [0.15, 0.2) is 30.7 Å². The number of hydrogen-bond donors (Lipinski definition) is 1. The number of H-pyrrole nitrogens is 1. The molecule has 1 unspecified atom stereocenters.